The van der Waals surface area contributed by atoms with Crippen molar-refractivity contribution in [2.24, 2.45) is 0 Å². The van der Waals surface area contributed by atoms with E-state index < -0.39 is 5.60 Å². The van der Waals surface area contributed by atoms with Crippen LogP contribution < -0.4 is 0 Å². The van der Waals surface area contributed by atoms with E-state index in [1.807, 2.05) is 27.7 Å². The number of ether oxygens (including phenoxy) is 1. The van der Waals surface area contributed by atoms with Crippen LogP contribution >= 0.6 is 0 Å². The minimum atomic E-state index is -0.438. The Bertz CT molecular complexity index is 457. The lowest BCUT2D eigenvalue weighted by Gasteiger charge is -2.36. The molecule has 0 bridgehead atoms. The van der Waals surface area contributed by atoms with E-state index in [0.29, 0.717) is 6.54 Å². The van der Waals surface area contributed by atoms with Crippen molar-refractivity contribution in [2.45, 2.75) is 52.8 Å². The minimum absolute atomic E-state index is 0.0716. The van der Waals surface area contributed by atoms with Crippen LogP contribution in [0, 0.1) is 6.92 Å². The van der Waals surface area contributed by atoms with Gasteiger partial charge in [-0.15, -0.1) is 0 Å². The van der Waals surface area contributed by atoms with Gasteiger partial charge in [0.25, 0.3) is 0 Å². The SMILES string of the molecule is Cc1ccc2n1CCN(C(=O)OC(C)(C)C)C2C. The molecule has 0 radical (unpaired) electrons. The number of aromatic nitrogens is 1. The second-order valence-electron chi connectivity index (χ2n) is 5.90. The Kier molecular flexibility index (Phi) is 3.13. The summed E-state index contributed by atoms with van der Waals surface area (Å²) < 4.78 is 7.72. The number of hydrogen-bond donors (Lipinski definition) is 0. The summed E-state index contributed by atoms with van der Waals surface area (Å²) in [5.74, 6) is 0. The molecule has 1 aliphatic heterocycles. The summed E-state index contributed by atoms with van der Waals surface area (Å²) in [6.45, 7) is 11.4. The molecule has 1 aliphatic rings. The van der Waals surface area contributed by atoms with Crippen LogP contribution in [0.25, 0.3) is 0 Å². The maximum atomic E-state index is 12.1. The van der Waals surface area contributed by atoms with Gasteiger partial charge in [0.2, 0.25) is 0 Å². The van der Waals surface area contributed by atoms with Crippen LogP contribution in [-0.2, 0) is 11.3 Å². The van der Waals surface area contributed by atoms with E-state index in [9.17, 15) is 4.79 Å². The zero-order valence-corrected chi connectivity index (χ0v) is 11.9. The number of rotatable bonds is 0. The molecule has 0 N–H and O–H groups in total. The third kappa shape index (κ3) is 2.37. The molecule has 2 heterocycles. The quantitative estimate of drug-likeness (QED) is 0.709. The highest BCUT2D eigenvalue weighted by molar-refractivity contribution is 5.69. The normalized spacial score (nSPS) is 19.6. The van der Waals surface area contributed by atoms with Gasteiger partial charge in [0.1, 0.15) is 5.60 Å². The summed E-state index contributed by atoms with van der Waals surface area (Å²) in [6, 6.07) is 4.27. The summed E-state index contributed by atoms with van der Waals surface area (Å²) in [6.07, 6.45) is -0.222. The number of nitrogens with zero attached hydrogens (tertiary/aromatic N) is 2. The molecule has 1 aromatic rings. The highest BCUT2D eigenvalue weighted by atomic mass is 16.6. The lowest BCUT2D eigenvalue weighted by Crippen LogP contribution is -2.43. The summed E-state index contributed by atoms with van der Waals surface area (Å²) in [5, 5.41) is 0. The fourth-order valence-electron chi connectivity index (χ4n) is 2.39. The van der Waals surface area contributed by atoms with Crippen LogP contribution in [0.2, 0.25) is 0 Å². The zero-order valence-electron chi connectivity index (χ0n) is 11.9. The number of aryl methyl sites for hydroxylation is 1. The Morgan fingerprint density at radius 3 is 2.61 bits per heavy atom. The molecule has 0 saturated heterocycles. The molecule has 100 valence electrons. The van der Waals surface area contributed by atoms with Gasteiger partial charge in [0.15, 0.2) is 0 Å². The third-order valence-corrected chi connectivity index (χ3v) is 3.32. The van der Waals surface area contributed by atoms with Crippen molar-refractivity contribution >= 4 is 6.09 Å². The predicted molar refractivity (Wildman–Crippen MR) is 70.5 cm³/mol. The topological polar surface area (TPSA) is 34.5 Å². The van der Waals surface area contributed by atoms with Gasteiger partial charge in [0.05, 0.1) is 6.04 Å². The Hall–Kier alpha value is -1.45. The van der Waals surface area contributed by atoms with Gasteiger partial charge in [-0.2, -0.15) is 0 Å². The molecule has 0 aliphatic carbocycles. The van der Waals surface area contributed by atoms with Gasteiger partial charge in [0, 0.05) is 24.5 Å². The fourth-order valence-corrected chi connectivity index (χ4v) is 2.39. The number of carbonyl (C=O) groups is 1. The average molecular weight is 250 g/mol. The number of amides is 1. The fraction of sp³-hybridized carbons (Fsp3) is 0.643. The van der Waals surface area contributed by atoms with Crippen molar-refractivity contribution in [1.82, 2.24) is 9.47 Å². The summed E-state index contributed by atoms with van der Waals surface area (Å²) >= 11 is 0. The van der Waals surface area contributed by atoms with Gasteiger partial charge in [-0.1, -0.05) is 0 Å². The first-order valence-electron chi connectivity index (χ1n) is 6.45. The lowest BCUT2D eigenvalue weighted by molar-refractivity contribution is 0.0126. The molecule has 4 heteroatoms. The van der Waals surface area contributed by atoms with Crippen LogP contribution in [0.4, 0.5) is 4.79 Å². The molecule has 0 fully saturated rings. The van der Waals surface area contributed by atoms with E-state index in [2.05, 4.69) is 23.6 Å². The van der Waals surface area contributed by atoms with Crippen molar-refractivity contribution in [2.75, 3.05) is 6.54 Å². The van der Waals surface area contributed by atoms with Crippen molar-refractivity contribution in [3.63, 3.8) is 0 Å². The van der Waals surface area contributed by atoms with E-state index in [-0.39, 0.29) is 12.1 Å². The van der Waals surface area contributed by atoms with Crippen LogP contribution in [0.3, 0.4) is 0 Å². The first kappa shape index (κ1) is 13.0. The monoisotopic (exact) mass is 250 g/mol. The Morgan fingerprint density at radius 1 is 1.33 bits per heavy atom. The Morgan fingerprint density at radius 2 is 2.00 bits per heavy atom. The molecule has 0 saturated carbocycles. The Balaban J connectivity index is 2.17. The number of hydrogen-bond acceptors (Lipinski definition) is 2. The second kappa shape index (κ2) is 4.34. The number of fused-ring (bicyclic) bond motifs is 1. The van der Waals surface area contributed by atoms with Gasteiger partial charge in [-0.3, -0.25) is 4.90 Å². The van der Waals surface area contributed by atoms with Gasteiger partial charge in [-0.05, 0) is 46.8 Å². The van der Waals surface area contributed by atoms with E-state index in [1.54, 1.807) is 4.90 Å². The van der Waals surface area contributed by atoms with Gasteiger partial charge in [-0.25, -0.2) is 4.79 Å². The molecular weight excluding hydrogens is 228 g/mol. The smallest absolute Gasteiger partial charge is 0.410 e. The summed E-state index contributed by atoms with van der Waals surface area (Å²) in [5.41, 5.74) is 2.00. The van der Waals surface area contributed by atoms with Crippen molar-refractivity contribution in [3.05, 3.63) is 23.5 Å². The molecule has 0 aromatic carbocycles. The highest BCUT2D eigenvalue weighted by Crippen LogP contribution is 2.28. The molecular formula is C14H22N2O2. The molecule has 1 amide bonds. The second-order valence-corrected chi connectivity index (χ2v) is 5.90. The summed E-state index contributed by atoms with van der Waals surface area (Å²) in [4.78, 5) is 13.9. The Labute approximate surface area is 109 Å². The van der Waals surface area contributed by atoms with E-state index in [4.69, 9.17) is 4.74 Å². The minimum Gasteiger partial charge on any atom is -0.444 e. The largest absolute Gasteiger partial charge is 0.444 e. The van der Waals surface area contributed by atoms with Crippen LogP contribution in [0.5, 0.6) is 0 Å². The lowest BCUT2D eigenvalue weighted by atomic mass is 10.1. The molecule has 4 nitrogen and oxygen atoms in total. The maximum Gasteiger partial charge on any atom is 0.410 e. The molecule has 2 rings (SSSR count). The summed E-state index contributed by atoms with van der Waals surface area (Å²) in [7, 11) is 0. The van der Waals surface area contributed by atoms with Crippen LogP contribution in [-0.4, -0.2) is 27.7 Å². The molecule has 1 atom stereocenters. The highest BCUT2D eigenvalue weighted by Gasteiger charge is 2.31. The molecule has 18 heavy (non-hydrogen) atoms. The van der Waals surface area contributed by atoms with Crippen LogP contribution in [0.15, 0.2) is 12.1 Å². The zero-order chi connectivity index (χ0) is 13.5. The maximum absolute atomic E-state index is 12.1. The molecule has 0 spiro atoms. The van der Waals surface area contributed by atoms with E-state index in [0.717, 1.165) is 6.54 Å². The molecule has 1 aromatic heterocycles. The third-order valence-electron chi connectivity index (χ3n) is 3.32. The first-order valence-corrected chi connectivity index (χ1v) is 6.45. The predicted octanol–water partition coefficient (Wildman–Crippen LogP) is 3.11. The standard InChI is InChI=1S/C14H22N2O2/c1-10-6-7-12-11(2)16(9-8-15(10)12)13(17)18-14(3,4)5/h6-7,11H,8-9H2,1-5H3. The van der Waals surface area contributed by atoms with E-state index >= 15 is 0 Å². The van der Waals surface area contributed by atoms with Crippen molar-refractivity contribution in [3.8, 4) is 0 Å². The average Bonchev–Trinajstić information content (AvgIpc) is 2.59. The first-order chi connectivity index (χ1) is 8.29. The van der Waals surface area contributed by atoms with Gasteiger partial charge >= 0.3 is 6.09 Å². The van der Waals surface area contributed by atoms with Crippen LogP contribution in [0.1, 0.15) is 45.1 Å². The van der Waals surface area contributed by atoms with Gasteiger partial charge < -0.3 is 9.30 Å². The van der Waals surface area contributed by atoms with Crippen molar-refractivity contribution in [1.29, 1.82) is 0 Å². The number of carbonyl (C=O) groups excluding carboxylic acids is 1. The van der Waals surface area contributed by atoms with E-state index in [1.165, 1.54) is 11.4 Å². The molecule has 1 unspecified atom stereocenters. The van der Waals surface area contributed by atoms with Crippen molar-refractivity contribution < 1.29 is 9.53 Å².